The van der Waals surface area contributed by atoms with E-state index in [9.17, 15) is 4.79 Å². The van der Waals surface area contributed by atoms with Crippen LogP contribution in [0.3, 0.4) is 0 Å². The summed E-state index contributed by atoms with van der Waals surface area (Å²) in [4.78, 5) is 14.8. The number of aromatic nitrogens is 1. The summed E-state index contributed by atoms with van der Waals surface area (Å²) in [5.74, 6) is -0.0412. The Morgan fingerprint density at radius 1 is 1.37 bits per heavy atom. The van der Waals surface area contributed by atoms with Gasteiger partial charge in [-0.1, -0.05) is 0 Å². The fourth-order valence-electron chi connectivity index (χ4n) is 1.59. The Kier molecular flexibility index (Phi) is 4.52. The Morgan fingerprint density at radius 2 is 2.11 bits per heavy atom. The highest BCUT2D eigenvalue weighted by molar-refractivity contribution is 7.13. The van der Waals surface area contributed by atoms with Crippen LogP contribution in [0.1, 0.15) is 18.5 Å². The summed E-state index contributed by atoms with van der Waals surface area (Å²) in [6, 6.07) is 7.69. The van der Waals surface area contributed by atoms with E-state index in [-0.39, 0.29) is 6.42 Å². The van der Waals surface area contributed by atoms with Gasteiger partial charge in [-0.05, 0) is 37.6 Å². The van der Waals surface area contributed by atoms with Gasteiger partial charge in [0.05, 0.1) is 6.61 Å². The van der Waals surface area contributed by atoms with E-state index in [4.69, 9.17) is 9.84 Å². The molecule has 1 aromatic carbocycles. The van der Waals surface area contributed by atoms with Gasteiger partial charge in [0, 0.05) is 23.1 Å². The average molecular weight is 277 g/mol. The third-order valence-corrected chi connectivity index (χ3v) is 3.53. The third kappa shape index (κ3) is 4.06. The lowest BCUT2D eigenvalue weighted by atomic mass is 10.2. The molecule has 0 saturated heterocycles. The molecule has 0 aliphatic rings. The highest BCUT2D eigenvalue weighted by atomic mass is 32.1. The van der Waals surface area contributed by atoms with E-state index in [1.165, 1.54) is 0 Å². The number of thiazole rings is 1. The normalized spacial score (nSPS) is 10.4. The Bertz CT molecular complexity index is 548. The molecule has 2 aromatic rings. The van der Waals surface area contributed by atoms with E-state index >= 15 is 0 Å². The molecular formula is C14H15NO3S. The highest BCUT2D eigenvalue weighted by Crippen LogP contribution is 2.25. The van der Waals surface area contributed by atoms with Crippen LogP contribution in [0.5, 0.6) is 5.75 Å². The van der Waals surface area contributed by atoms with Crippen LogP contribution in [0.4, 0.5) is 0 Å². The number of carboxylic acid groups (broad SMARTS) is 1. The Labute approximate surface area is 115 Å². The molecule has 4 nitrogen and oxygen atoms in total. The summed E-state index contributed by atoms with van der Waals surface area (Å²) in [6.45, 7) is 2.39. The molecule has 0 aliphatic carbocycles. The van der Waals surface area contributed by atoms with Gasteiger partial charge < -0.3 is 9.84 Å². The number of carboxylic acids is 1. The Morgan fingerprint density at radius 3 is 2.68 bits per heavy atom. The first-order valence-corrected chi connectivity index (χ1v) is 6.90. The lowest BCUT2D eigenvalue weighted by molar-refractivity contribution is -0.137. The molecule has 0 aliphatic heterocycles. The molecule has 0 unspecified atom stereocenters. The number of hydrogen-bond donors (Lipinski definition) is 1. The van der Waals surface area contributed by atoms with Crippen LogP contribution in [0.15, 0.2) is 29.6 Å². The number of nitrogens with zero attached hydrogens (tertiary/aromatic N) is 1. The maximum Gasteiger partial charge on any atom is 0.303 e. The van der Waals surface area contributed by atoms with Crippen LogP contribution in [0, 0.1) is 6.92 Å². The summed E-state index contributed by atoms with van der Waals surface area (Å²) < 4.78 is 5.47. The quantitative estimate of drug-likeness (QED) is 0.822. The zero-order valence-electron chi connectivity index (χ0n) is 10.6. The van der Waals surface area contributed by atoms with Gasteiger partial charge in [-0.2, -0.15) is 0 Å². The molecule has 0 amide bonds. The van der Waals surface area contributed by atoms with Crippen molar-refractivity contribution in [2.75, 3.05) is 6.61 Å². The molecule has 0 fully saturated rings. The number of aliphatic carboxylic acids is 1. The maximum atomic E-state index is 10.4. The van der Waals surface area contributed by atoms with Gasteiger partial charge in [-0.3, -0.25) is 4.79 Å². The third-order valence-electron chi connectivity index (χ3n) is 2.52. The number of rotatable bonds is 6. The molecule has 1 aromatic heterocycles. The minimum absolute atomic E-state index is 0.135. The zero-order chi connectivity index (χ0) is 13.7. The van der Waals surface area contributed by atoms with Crippen molar-refractivity contribution in [1.29, 1.82) is 0 Å². The van der Waals surface area contributed by atoms with E-state index in [1.807, 2.05) is 36.6 Å². The van der Waals surface area contributed by atoms with E-state index in [0.29, 0.717) is 13.0 Å². The monoisotopic (exact) mass is 277 g/mol. The number of aryl methyl sites for hydroxylation is 1. The molecule has 0 saturated carbocycles. The van der Waals surface area contributed by atoms with Gasteiger partial charge in [0.15, 0.2) is 0 Å². The first kappa shape index (κ1) is 13.5. The number of hydrogen-bond acceptors (Lipinski definition) is 4. The maximum absolute atomic E-state index is 10.4. The van der Waals surface area contributed by atoms with Crippen LogP contribution in [-0.2, 0) is 4.79 Å². The van der Waals surface area contributed by atoms with Crippen molar-refractivity contribution >= 4 is 17.3 Å². The number of benzene rings is 1. The molecule has 5 heteroatoms. The second-order valence-corrected chi connectivity index (χ2v) is 5.02. The first-order chi connectivity index (χ1) is 9.15. The fraction of sp³-hybridized carbons (Fsp3) is 0.286. The van der Waals surface area contributed by atoms with Gasteiger partial charge in [0.2, 0.25) is 0 Å². The summed E-state index contributed by atoms with van der Waals surface area (Å²) in [7, 11) is 0. The van der Waals surface area contributed by atoms with Crippen molar-refractivity contribution in [1.82, 2.24) is 4.98 Å². The van der Waals surface area contributed by atoms with Crippen molar-refractivity contribution in [3.63, 3.8) is 0 Å². The van der Waals surface area contributed by atoms with Crippen LogP contribution in [0.25, 0.3) is 10.6 Å². The van der Waals surface area contributed by atoms with E-state index in [2.05, 4.69) is 4.98 Å². The van der Waals surface area contributed by atoms with Gasteiger partial charge in [-0.15, -0.1) is 11.3 Å². The van der Waals surface area contributed by atoms with Crippen molar-refractivity contribution in [2.24, 2.45) is 0 Å². The molecule has 100 valence electrons. The molecule has 1 N–H and O–H groups in total. The molecule has 0 bridgehead atoms. The summed E-state index contributed by atoms with van der Waals surface area (Å²) in [6.07, 6.45) is 0.652. The van der Waals surface area contributed by atoms with Gasteiger partial charge in [0.25, 0.3) is 0 Å². The topological polar surface area (TPSA) is 59.4 Å². The molecule has 0 atom stereocenters. The minimum atomic E-state index is -0.793. The van der Waals surface area contributed by atoms with Crippen LogP contribution >= 0.6 is 11.3 Å². The SMILES string of the molecule is Cc1csc(-c2ccc(OCCCC(=O)O)cc2)n1. The van der Waals surface area contributed by atoms with Gasteiger partial charge in [0.1, 0.15) is 10.8 Å². The predicted molar refractivity (Wildman–Crippen MR) is 74.7 cm³/mol. The highest BCUT2D eigenvalue weighted by Gasteiger charge is 2.03. The van der Waals surface area contributed by atoms with Gasteiger partial charge >= 0.3 is 5.97 Å². The fourth-order valence-corrected chi connectivity index (χ4v) is 2.40. The van der Waals surface area contributed by atoms with Crippen LogP contribution < -0.4 is 4.74 Å². The molecule has 19 heavy (non-hydrogen) atoms. The summed E-state index contributed by atoms with van der Waals surface area (Å²) >= 11 is 1.62. The zero-order valence-corrected chi connectivity index (χ0v) is 11.4. The van der Waals surface area contributed by atoms with Crippen LogP contribution in [-0.4, -0.2) is 22.7 Å². The second kappa shape index (κ2) is 6.33. The smallest absolute Gasteiger partial charge is 0.303 e. The number of carbonyl (C=O) groups is 1. The van der Waals surface area contributed by atoms with Crippen molar-refractivity contribution in [3.05, 3.63) is 35.3 Å². The largest absolute Gasteiger partial charge is 0.494 e. The molecule has 0 spiro atoms. The van der Waals surface area contributed by atoms with Crippen molar-refractivity contribution < 1.29 is 14.6 Å². The second-order valence-electron chi connectivity index (χ2n) is 4.16. The Hall–Kier alpha value is -1.88. The van der Waals surface area contributed by atoms with E-state index in [0.717, 1.165) is 22.0 Å². The van der Waals surface area contributed by atoms with Crippen LogP contribution in [0.2, 0.25) is 0 Å². The molecule has 0 radical (unpaired) electrons. The lowest BCUT2D eigenvalue weighted by Gasteiger charge is -2.05. The predicted octanol–water partition coefficient (Wildman–Crippen LogP) is 3.36. The number of ether oxygens (including phenoxy) is 1. The lowest BCUT2D eigenvalue weighted by Crippen LogP contribution is -2.01. The van der Waals surface area contributed by atoms with E-state index in [1.54, 1.807) is 11.3 Å². The van der Waals surface area contributed by atoms with Crippen molar-refractivity contribution in [2.45, 2.75) is 19.8 Å². The molecule has 1 heterocycles. The standard InChI is InChI=1S/C14H15NO3S/c1-10-9-19-14(15-10)11-4-6-12(7-5-11)18-8-2-3-13(16)17/h4-7,9H,2-3,8H2,1H3,(H,16,17). The minimum Gasteiger partial charge on any atom is -0.494 e. The van der Waals surface area contributed by atoms with Crippen molar-refractivity contribution in [3.8, 4) is 16.3 Å². The Balaban J connectivity index is 1.90. The molecule has 2 rings (SSSR count). The average Bonchev–Trinajstić information content (AvgIpc) is 2.82. The first-order valence-electron chi connectivity index (χ1n) is 6.02. The van der Waals surface area contributed by atoms with Gasteiger partial charge in [-0.25, -0.2) is 4.98 Å². The van der Waals surface area contributed by atoms with E-state index < -0.39 is 5.97 Å². The summed E-state index contributed by atoms with van der Waals surface area (Å²) in [5.41, 5.74) is 2.09. The molecular weight excluding hydrogens is 262 g/mol. The summed E-state index contributed by atoms with van der Waals surface area (Å²) in [5, 5.41) is 11.5.